The summed E-state index contributed by atoms with van der Waals surface area (Å²) in [6, 6.07) is 9.66. The Morgan fingerprint density at radius 3 is 2.44 bits per heavy atom. The van der Waals surface area contributed by atoms with E-state index in [2.05, 4.69) is 38.8 Å². The van der Waals surface area contributed by atoms with Gasteiger partial charge in [0.15, 0.2) is 0 Å². The summed E-state index contributed by atoms with van der Waals surface area (Å²) in [5.41, 5.74) is 2.82. The van der Waals surface area contributed by atoms with Gasteiger partial charge in [-0.05, 0) is 62.3 Å². The van der Waals surface area contributed by atoms with Crippen molar-refractivity contribution >= 4 is 17.2 Å². The molecule has 1 N–H and O–H groups in total. The Balaban J connectivity index is 1.66. The minimum Gasteiger partial charge on any atom is -0.350 e. The number of hydrogen-bond acceptors (Lipinski definition) is 5. The van der Waals surface area contributed by atoms with Crippen LogP contribution < -0.4 is 5.32 Å². The van der Waals surface area contributed by atoms with Gasteiger partial charge in [-0.15, -0.1) is 21.5 Å². The van der Waals surface area contributed by atoms with Crippen LogP contribution in [0.25, 0.3) is 5.69 Å². The van der Waals surface area contributed by atoms with Crippen LogP contribution in [0, 0.1) is 6.92 Å². The summed E-state index contributed by atoms with van der Waals surface area (Å²) in [6.07, 6.45) is 3.25. The fourth-order valence-corrected chi connectivity index (χ4v) is 3.77. The number of carbonyl (C=O) groups is 1. The topological polar surface area (TPSA) is 63.1 Å². The van der Waals surface area contributed by atoms with Crippen LogP contribution in [0.15, 0.2) is 48.4 Å². The minimum absolute atomic E-state index is 0.0728. The number of nitrogens with one attached hydrogen (secondary N) is 1. The Hall–Kier alpha value is -2.51. The number of amides is 1. The molecule has 0 saturated heterocycles. The first kappa shape index (κ1) is 17.3. The lowest BCUT2D eigenvalue weighted by molar-refractivity contribution is 0.0942. The maximum atomic E-state index is 12.5. The third-order valence-corrected chi connectivity index (χ3v) is 5.25. The highest BCUT2D eigenvalue weighted by Gasteiger charge is 2.18. The molecule has 0 bridgehead atoms. The first-order valence-corrected chi connectivity index (χ1v) is 8.88. The third kappa shape index (κ3) is 3.94. The molecule has 6 nitrogen and oxygen atoms in total. The highest BCUT2D eigenvalue weighted by atomic mass is 32.1. The van der Waals surface area contributed by atoms with Crippen LogP contribution in [0.2, 0.25) is 0 Å². The van der Waals surface area contributed by atoms with Gasteiger partial charge in [-0.3, -0.25) is 9.36 Å². The van der Waals surface area contributed by atoms with Gasteiger partial charge in [-0.25, -0.2) is 0 Å². The van der Waals surface area contributed by atoms with Gasteiger partial charge < -0.3 is 10.2 Å². The van der Waals surface area contributed by atoms with E-state index in [1.807, 2.05) is 38.4 Å². The predicted octanol–water partition coefficient (Wildman–Crippen LogP) is 2.67. The molecule has 0 fully saturated rings. The number of benzene rings is 1. The van der Waals surface area contributed by atoms with E-state index in [1.54, 1.807) is 28.6 Å². The second kappa shape index (κ2) is 7.58. The van der Waals surface area contributed by atoms with Gasteiger partial charge in [-0.1, -0.05) is 0 Å². The molecule has 0 unspecified atom stereocenters. The van der Waals surface area contributed by atoms with Crippen LogP contribution in [0.5, 0.6) is 0 Å². The predicted molar refractivity (Wildman–Crippen MR) is 99.2 cm³/mol. The Labute approximate surface area is 151 Å². The van der Waals surface area contributed by atoms with Crippen LogP contribution in [0.4, 0.5) is 0 Å². The van der Waals surface area contributed by atoms with Crippen molar-refractivity contribution in [3.8, 4) is 5.69 Å². The molecule has 1 amide bonds. The fraction of sp³-hybridized carbons (Fsp3) is 0.278. The standard InChI is InChI=1S/C18H21N5OS/c1-13-8-9-25-17(13)16(22(2)3)10-19-18(24)14-4-6-15(7-5-14)23-11-20-21-12-23/h4-9,11-12,16H,10H2,1-3H3,(H,19,24)/t16-/m1/s1. The Kier molecular flexibility index (Phi) is 5.25. The lowest BCUT2D eigenvalue weighted by Crippen LogP contribution is -2.34. The number of rotatable bonds is 6. The van der Waals surface area contributed by atoms with Gasteiger partial charge in [-0.2, -0.15) is 0 Å². The maximum absolute atomic E-state index is 12.5. The lowest BCUT2D eigenvalue weighted by atomic mass is 10.1. The molecule has 0 aliphatic rings. The summed E-state index contributed by atoms with van der Waals surface area (Å²) in [5, 5.41) is 12.7. The molecular weight excluding hydrogens is 334 g/mol. The number of likely N-dealkylation sites (N-methyl/N-ethyl adjacent to an activating group) is 1. The number of hydrogen-bond donors (Lipinski definition) is 1. The number of carbonyl (C=O) groups excluding carboxylic acids is 1. The quantitative estimate of drug-likeness (QED) is 0.738. The number of aromatic nitrogens is 3. The zero-order valence-electron chi connectivity index (χ0n) is 14.5. The summed E-state index contributed by atoms with van der Waals surface area (Å²) in [4.78, 5) is 15.9. The van der Waals surface area contributed by atoms with Crippen molar-refractivity contribution in [3.05, 3.63) is 64.4 Å². The van der Waals surface area contributed by atoms with Crippen LogP contribution in [-0.4, -0.2) is 46.2 Å². The molecule has 0 saturated carbocycles. The first-order valence-electron chi connectivity index (χ1n) is 8.00. The highest BCUT2D eigenvalue weighted by molar-refractivity contribution is 7.10. The Morgan fingerprint density at radius 2 is 1.88 bits per heavy atom. The van der Waals surface area contributed by atoms with E-state index in [-0.39, 0.29) is 11.9 Å². The number of nitrogens with zero attached hydrogens (tertiary/aromatic N) is 4. The zero-order valence-corrected chi connectivity index (χ0v) is 15.3. The van der Waals surface area contributed by atoms with E-state index in [0.717, 1.165) is 5.69 Å². The van der Waals surface area contributed by atoms with Crippen LogP contribution in [-0.2, 0) is 0 Å². The second-order valence-corrected chi connectivity index (χ2v) is 7.02. The first-order chi connectivity index (χ1) is 12.1. The normalized spacial score (nSPS) is 12.3. The van der Waals surface area contributed by atoms with E-state index >= 15 is 0 Å². The molecule has 0 spiro atoms. The van der Waals surface area contributed by atoms with Gasteiger partial charge >= 0.3 is 0 Å². The summed E-state index contributed by atoms with van der Waals surface area (Å²) in [6.45, 7) is 2.67. The smallest absolute Gasteiger partial charge is 0.251 e. The van der Waals surface area contributed by atoms with E-state index < -0.39 is 0 Å². The molecule has 3 aromatic rings. The molecule has 0 aliphatic heterocycles. The van der Waals surface area contributed by atoms with Crippen molar-refractivity contribution in [2.24, 2.45) is 0 Å². The van der Waals surface area contributed by atoms with Gasteiger partial charge in [0.25, 0.3) is 5.91 Å². The van der Waals surface area contributed by atoms with Crippen molar-refractivity contribution in [2.45, 2.75) is 13.0 Å². The molecule has 1 aromatic carbocycles. The molecule has 0 radical (unpaired) electrons. The fourth-order valence-electron chi connectivity index (χ4n) is 2.65. The van der Waals surface area contributed by atoms with Crippen molar-refractivity contribution in [2.75, 3.05) is 20.6 Å². The molecule has 1 atom stereocenters. The molecule has 2 aromatic heterocycles. The zero-order chi connectivity index (χ0) is 17.8. The van der Waals surface area contributed by atoms with E-state index in [4.69, 9.17) is 0 Å². The van der Waals surface area contributed by atoms with Crippen molar-refractivity contribution in [3.63, 3.8) is 0 Å². The van der Waals surface area contributed by atoms with Crippen molar-refractivity contribution in [1.29, 1.82) is 0 Å². The SMILES string of the molecule is Cc1ccsc1[C@@H](CNC(=O)c1ccc(-n2cnnc2)cc1)N(C)C. The average Bonchev–Trinajstić information content (AvgIpc) is 3.27. The van der Waals surface area contributed by atoms with E-state index in [0.29, 0.717) is 12.1 Å². The molecule has 25 heavy (non-hydrogen) atoms. The number of aryl methyl sites for hydroxylation is 1. The minimum atomic E-state index is -0.0728. The summed E-state index contributed by atoms with van der Waals surface area (Å²) in [5.74, 6) is -0.0728. The van der Waals surface area contributed by atoms with E-state index in [9.17, 15) is 4.79 Å². The third-order valence-electron chi connectivity index (χ3n) is 4.13. The van der Waals surface area contributed by atoms with Gasteiger partial charge in [0, 0.05) is 22.7 Å². The summed E-state index contributed by atoms with van der Waals surface area (Å²) >= 11 is 1.73. The van der Waals surface area contributed by atoms with Gasteiger partial charge in [0.05, 0.1) is 6.04 Å². The molecule has 3 rings (SSSR count). The molecule has 0 aliphatic carbocycles. The van der Waals surface area contributed by atoms with Crippen LogP contribution in [0.3, 0.4) is 0 Å². The van der Waals surface area contributed by atoms with Gasteiger partial charge in [0.2, 0.25) is 0 Å². The molecule has 130 valence electrons. The van der Waals surface area contributed by atoms with Crippen LogP contribution >= 0.6 is 11.3 Å². The molecular formula is C18H21N5OS. The highest BCUT2D eigenvalue weighted by Crippen LogP contribution is 2.26. The largest absolute Gasteiger partial charge is 0.350 e. The van der Waals surface area contributed by atoms with Gasteiger partial charge in [0.1, 0.15) is 12.7 Å². The lowest BCUT2D eigenvalue weighted by Gasteiger charge is -2.24. The molecule has 7 heteroatoms. The number of thiophene rings is 1. The average molecular weight is 355 g/mol. The Bertz CT molecular complexity index is 824. The summed E-state index contributed by atoms with van der Waals surface area (Å²) in [7, 11) is 4.06. The Morgan fingerprint density at radius 1 is 1.20 bits per heavy atom. The molecule has 2 heterocycles. The monoisotopic (exact) mass is 355 g/mol. The second-order valence-electron chi connectivity index (χ2n) is 6.07. The summed E-state index contributed by atoms with van der Waals surface area (Å²) < 4.78 is 1.79. The maximum Gasteiger partial charge on any atom is 0.251 e. The van der Waals surface area contributed by atoms with Crippen molar-refractivity contribution < 1.29 is 4.79 Å². The van der Waals surface area contributed by atoms with E-state index in [1.165, 1.54) is 10.4 Å². The van der Waals surface area contributed by atoms with Crippen LogP contribution in [0.1, 0.15) is 26.8 Å². The van der Waals surface area contributed by atoms with Crippen molar-refractivity contribution in [1.82, 2.24) is 25.0 Å².